The SMILES string of the molecule is COC(=O)C(C/C=C(\C)CC/C=C(\C)CCC=C(C)C)C(=O)c1ccc(O)cc1O. The summed E-state index contributed by atoms with van der Waals surface area (Å²) in [6.45, 7) is 8.31. The highest BCUT2D eigenvalue weighted by Gasteiger charge is 2.29. The normalized spacial score (nSPS) is 13.0. The van der Waals surface area contributed by atoms with Gasteiger partial charge in [-0.3, -0.25) is 9.59 Å². The smallest absolute Gasteiger partial charge is 0.316 e. The Labute approximate surface area is 179 Å². The van der Waals surface area contributed by atoms with E-state index in [1.54, 1.807) is 0 Å². The molecular weight excluding hydrogens is 380 g/mol. The predicted octanol–water partition coefficient (Wildman–Crippen LogP) is 5.88. The van der Waals surface area contributed by atoms with E-state index in [2.05, 4.69) is 32.9 Å². The molecule has 1 rings (SSSR count). The lowest BCUT2D eigenvalue weighted by molar-refractivity contribution is -0.143. The first-order valence-electron chi connectivity index (χ1n) is 10.2. The lowest BCUT2D eigenvalue weighted by atomic mass is 9.92. The maximum absolute atomic E-state index is 12.8. The van der Waals surface area contributed by atoms with Crippen molar-refractivity contribution in [1.29, 1.82) is 0 Å². The maximum atomic E-state index is 12.8. The Hall–Kier alpha value is -2.82. The number of hydrogen-bond donors (Lipinski definition) is 2. The van der Waals surface area contributed by atoms with E-state index < -0.39 is 17.7 Å². The van der Waals surface area contributed by atoms with E-state index >= 15 is 0 Å². The van der Waals surface area contributed by atoms with Gasteiger partial charge < -0.3 is 14.9 Å². The summed E-state index contributed by atoms with van der Waals surface area (Å²) in [5.41, 5.74) is 3.76. The number of Topliss-reactive ketones (excluding diaryl/α,β-unsaturated/α-hetero) is 1. The number of carbonyl (C=O) groups excluding carboxylic acids is 2. The Bertz CT molecular complexity index is 826. The van der Waals surface area contributed by atoms with Gasteiger partial charge in [-0.1, -0.05) is 34.9 Å². The monoisotopic (exact) mass is 414 g/mol. The molecule has 5 heteroatoms. The quantitative estimate of drug-likeness (QED) is 0.204. The van der Waals surface area contributed by atoms with Gasteiger partial charge in [-0.25, -0.2) is 0 Å². The third kappa shape index (κ3) is 8.68. The molecule has 5 nitrogen and oxygen atoms in total. The molecule has 0 bridgehead atoms. The van der Waals surface area contributed by atoms with E-state index in [0.717, 1.165) is 37.3 Å². The summed E-state index contributed by atoms with van der Waals surface area (Å²) in [6, 6.07) is 3.69. The van der Waals surface area contributed by atoms with Crippen molar-refractivity contribution in [3.05, 3.63) is 58.7 Å². The lowest BCUT2D eigenvalue weighted by Gasteiger charge is -2.13. The highest BCUT2D eigenvalue weighted by atomic mass is 16.5. The Morgan fingerprint density at radius 2 is 1.57 bits per heavy atom. The maximum Gasteiger partial charge on any atom is 0.316 e. The number of ketones is 1. The molecule has 1 unspecified atom stereocenters. The average Bonchev–Trinajstić information content (AvgIpc) is 2.67. The van der Waals surface area contributed by atoms with Crippen molar-refractivity contribution in [3.63, 3.8) is 0 Å². The fourth-order valence-corrected chi connectivity index (χ4v) is 3.03. The van der Waals surface area contributed by atoms with Crippen LogP contribution in [-0.2, 0) is 9.53 Å². The number of ether oxygens (including phenoxy) is 1. The molecule has 1 atom stereocenters. The molecule has 2 N–H and O–H groups in total. The number of allylic oxidation sites excluding steroid dienone is 6. The van der Waals surface area contributed by atoms with E-state index in [1.807, 2.05) is 13.0 Å². The Morgan fingerprint density at radius 3 is 2.13 bits per heavy atom. The molecule has 0 aliphatic rings. The number of hydrogen-bond acceptors (Lipinski definition) is 5. The zero-order valence-electron chi connectivity index (χ0n) is 18.7. The van der Waals surface area contributed by atoms with Crippen LogP contribution in [0.25, 0.3) is 0 Å². The van der Waals surface area contributed by atoms with Crippen LogP contribution in [0.1, 0.15) is 70.2 Å². The number of phenolic OH excluding ortho intramolecular Hbond substituents is 2. The molecule has 0 saturated carbocycles. The highest BCUT2D eigenvalue weighted by molar-refractivity contribution is 6.10. The van der Waals surface area contributed by atoms with Gasteiger partial charge in [0.2, 0.25) is 0 Å². The van der Waals surface area contributed by atoms with Crippen LogP contribution < -0.4 is 0 Å². The first-order valence-corrected chi connectivity index (χ1v) is 10.2. The summed E-state index contributed by atoms with van der Waals surface area (Å²) in [7, 11) is 1.23. The van der Waals surface area contributed by atoms with E-state index in [0.29, 0.717) is 0 Å². The number of benzene rings is 1. The molecule has 1 aromatic carbocycles. The zero-order valence-corrected chi connectivity index (χ0v) is 18.7. The highest BCUT2D eigenvalue weighted by Crippen LogP contribution is 2.27. The van der Waals surface area contributed by atoms with Gasteiger partial charge in [-0.2, -0.15) is 0 Å². The number of rotatable bonds is 11. The third-order valence-corrected chi connectivity index (χ3v) is 4.87. The summed E-state index contributed by atoms with van der Waals surface area (Å²) in [5.74, 6) is -2.73. The van der Waals surface area contributed by atoms with Crippen LogP contribution in [0.15, 0.2) is 53.1 Å². The molecule has 0 saturated heterocycles. The van der Waals surface area contributed by atoms with Crippen molar-refractivity contribution >= 4 is 11.8 Å². The van der Waals surface area contributed by atoms with Crippen molar-refractivity contribution in [2.45, 2.75) is 59.8 Å². The topological polar surface area (TPSA) is 83.8 Å². The van der Waals surface area contributed by atoms with Gasteiger partial charge in [-0.05, 0) is 71.9 Å². The first kappa shape index (κ1) is 25.2. The summed E-state index contributed by atoms with van der Waals surface area (Å²) >= 11 is 0. The van der Waals surface area contributed by atoms with Crippen molar-refractivity contribution in [3.8, 4) is 11.5 Å². The molecule has 0 aliphatic heterocycles. The molecule has 0 heterocycles. The largest absolute Gasteiger partial charge is 0.508 e. The molecule has 0 aromatic heterocycles. The van der Waals surface area contributed by atoms with Gasteiger partial charge in [0.15, 0.2) is 5.78 Å². The molecule has 0 spiro atoms. The van der Waals surface area contributed by atoms with E-state index in [-0.39, 0.29) is 23.5 Å². The fraction of sp³-hybridized carbons (Fsp3) is 0.440. The second-order valence-electron chi connectivity index (χ2n) is 7.84. The van der Waals surface area contributed by atoms with Crippen LogP contribution in [0.4, 0.5) is 0 Å². The van der Waals surface area contributed by atoms with Crippen LogP contribution in [-0.4, -0.2) is 29.1 Å². The molecule has 0 radical (unpaired) electrons. The number of methoxy groups -OCH3 is 1. The zero-order chi connectivity index (χ0) is 22.7. The van der Waals surface area contributed by atoms with E-state index in [1.165, 1.54) is 30.4 Å². The summed E-state index contributed by atoms with van der Waals surface area (Å²) in [4.78, 5) is 24.9. The van der Waals surface area contributed by atoms with E-state index in [9.17, 15) is 19.8 Å². The minimum absolute atomic E-state index is 0.0100. The second-order valence-corrected chi connectivity index (χ2v) is 7.84. The standard InChI is InChI=1S/C25H34O5/c1-17(2)8-6-9-18(3)10-7-11-19(4)12-14-22(25(29)30-5)24(28)21-15-13-20(26)16-23(21)27/h8,10,12-13,15-16,22,26-27H,6-7,9,11,14H2,1-5H3/b18-10+,19-12+. The number of esters is 1. The van der Waals surface area contributed by atoms with Crippen LogP contribution in [0.5, 0.6) is 11.5 Å². The van der Waals surface area contributed by atoms with Crippen molar-refractivity contribution in [2.24, 2.45) is 5.92 Å². The summed E-state index contributed by atoms with van der Waals surface area (Å²) < 4.78 is 4.78. The van der Waals surface area contributed by atoms with Crippen molar-refractivity contribution in [1.82, 2.24) is 0 Å². The lowest BCUT2D eigenvalue weighted by Crippen LogP contribution is -2.25. The minimum atomic E-state index is -1.04. The summed E-state index contributed by atoms with van der Waals surface area (Å²) in [5, 5.41) is 19.3. The Balaban J connectivity index is 2.74. The Kier molecular flexibility index (Phi) is 10.7. The van der Waals surface area contributed by atoms with Gasteiger partial charge in [0, 0.05) is 6.07 Å². The number of phenols is 2. The van der Waals surface area contributed by atoms with Crippen LogP contribution in [0.3, 0.4) is 0 Å². The van der Waals surface area contributed by atoms with Crippen LogP contribution in [0, 0.1) is 5.92 Å². The fourth-order valence-electron chi connectivity index (χ4n) is 3.03. The third-order valence-electron chi connectivity index (χ3n) is 4.87. The summed E-state index contributed by atoms with van der Waals surface area (Å²) in [6.07, 6.45) is 10.4. The molecule has 0 aliphatic carbocycles. The van der Waals surface area contributed by atoms with Crippen molar-refractivity contribution < 1.29 is 24.5 Å². The molecule has 0 fully saturated rings. The second kappa shape index (κ2) is 12.7. The number of carbonyl (C=O) groups is 2. The van der Waals surface area contributed by atoms with Gasteiger partial charge in [-0.15, -0.1) is 0 Å². The van der Waals surface area contributed by atoms with Gasteiger partial charge in [0.05, 0.1) is 12.7 Å². The number of aromatic hydroxyl groups is 2. The van der Waals surface area contributed by atoms with E-state index in [4.69, 9.17) is 4.74 Å². The molecule has 30 heavy (non-hydrogen) atoms. The predicted molar refractivity (Wildman–Crippen MR) is 120 cm³/mol. The minimum Gasteiger partial charge on any atom is -0.508 e. The van der Waals surface area contributed by atoms with Crippen LogP contribution >= 0.6 is 0 Å². The van der Waals surface area contributed by atoms with Gasteiger partial charge in [0.1, 0.15) is 17.4 Å². The molecule has 1 aromatic rings. The van der Waals surface area contributed by atoms with Crippen molar-refractivity contribution in [2.75, 3.05) is 7.11 Å². The average molecular weight is 415 g/mol. The van der Waals surface area contributed by atoms with Gasteiger partial charge >= 0.3 is 5.97 Å². The molecule has 164 valence electrons. The molecular formula is C25H34O5. The molecule has 0 amide bonds. The Morgan fingerprint density at radius 1 is 0.967 bits per heavy atom. The first-order chi connectivity index (χ1) is 14.1. The van der Waals surface area contributed by atoms with Crippen LogP contribution in [0.2, 0.25) is 0 Å². The van der Waals surface area contributed by atoms with Gasteiger partial charge in [0.25, 0.3) is 0 Å².